The van der Waals surface area contributed by atoms with Crippen molar-refractivity contribution >= 4 is 46.7 Å². The van der Waals surface area contributed by atoms with Crippen LogP contribution in [0.5, 0.6) is 5.75 Å². The summed E-state index contributed by atoms with van der Waals surface area (Å²) in [7, 11) is 1.59. The second-order valence-corrected chi connectivity index (χ2v) is 8.85. The maximum atomic E-state index is 12.4. The molecule has 0 aliphatic heterocycles. The number of amides is 1. The summed E-state index contributed by atoms with van der Waals surface area (Å²) >= 11 is 9.03. The van der Waals surface area contributed by atoms with Gasteiger partial charge in [0.15, 0.2) is 5.16 Å². The van der Waals surface area contributed by atoms with Gasteiger partial charge in [0.2, 0.25) is 5.91 Å². The molecule has 1 N–H and O–H groups in total. The minimum Gasteiger partial charge on any atom is -0.497 e. The van der Waals surface area contributed by atoms with E-state index in [1.165, 1.54) is 17.3 Å². The van der Waals surface area contributed by atoms with Crippen molar-refractivity contribution < 1.29 is 9.53 Å². The first-order valence-electron chi connectivity index (χ1n) is 9.51. The lowest BCUT2D eigenvalue weighted by Gasteiger charge is -2.09. The monoisotopic (exact) mass is 474 g/mol. The Bertz CT molecular complexity index is 1020. The van der Waals surface area contributed by atoms with Crippen LogP contribution < -0.4 is 10.1 Å². The van der Waals surface area contributed by atoms with E-state index in [-0.39, 0.29) is 11.7 Å². The molecule has 0 fully saturated rings. The Morgan fingerprint density at radius 1 is 1.23 bits per heavy atom. The van der Waals surface area contributed by atoms with Crippen LogP contribution in [0.15, 0.2) is 66.3 Å². The van der Waals surface area contributed by atoms with Crippen LogP contribution in [-0.2, 0) is 22.8 Å². The van der Waals surface area contributed by atoms with Gasteiger partial charge in [0.05, 0.1) is 18.6 Å². The van der Waals surface area contributed by atoms with Crippen molar-refractivity contribution in [2.24, 2.45) is 0 Å². The number of thioether (sulfide) groups is 2. The lowest BCUT2D eigenvalue weighted by molar-refractivity contribution is -0.113. The molecule has 3 aromatic rings. The Morgan fingerprint density at radius 2 is 2.03 bits per heavy atom. The third kappa shape index (κ3) is 7.05. The van der Waals surface area contributed by atoms with E-state index in [4.69, 9.17) is 16.3 Å². The van der Waals surface area contributed by atoms with Crippen molar-refractivity contribution in [3.8, 4) is 5.75 Å². The van der Waals surface area contributed by atoms with Gasteiger partial charge in [-0.15, -0.1) is 28.5 Å². The van der Waals surface area contributed by atoms with Crippen LogP contribution in [0.1, 0.15) is 11.4 Å². The van der Waals surface area contributed by atoms with Gasteiger partial charge >= 0.3 is 0 Å². The van der Waals surface area contributed by atoms with Gasteiger partial charge < -0.3 is 14.6 Å². The van der Waals surface area contributed by atoms with Crippen LogP contribution in [0.4, 0.5) is 5.69 Å². The number of carbonyl (C=O) groups excluding carboxylic acids is 1. The number of hydrogen-bond acceptors (Lipinski definition) is 6. The molecule has 0 unspecified atom stereocenters. The van der Waals surface area contributed by atoms with E-state index in [0.29, 0.717) is 28.9 Å². The lowest BCUT2D eigenvalue weighted by Crippen LogP contribution is -2.14. The fraction of sp³-hybridized carbons (Fsp3) is 0.227. The number of aromatic nitrogens is 3. The first-order chi connectivity index (χ1) is 15.1. The fourth-order valence-electron chi connectivity index (χ4n) is 2.71. The molecular weight excluding hydrogens is 452 g/mol. The number of methoxy groups -OCH3 is 1. The third-order valence-electron chi connectivity index (χ3n) is 4.20. The number of ether oxygens (including phenoxy) is 1. The average molecular weight is 475 g/mol. The molecule has 31 heavy (non-hydrogen) atoms. The summed E-state index contributed by atoms with van der Waals surface area (Å²) in [5.41, 5.74) is 1.89. The summed E-state index contributed by atoms with van der Waals surface area (Å²) in [6.07, 6.45) is 1.80. The van der Waals surface area contributed by atoms with Gasteiger partial charge in [-0.25, -0.2) is 0 Å². The Hall–Kier alpha value is -2.42. The lowest BCUT2D eigenvalue weighted by atomic mass is 10.2. The second-order valence-electron chi connectivity index (χ2n) is 6.49. The van der Waals surface area contributed by atoms with E-state index in [1.54, 1.807) is 31.0 Å². The minimum absolute atomic E-state index is 0.120. The Balaban J connectivity index is 1.55. The predicted molar refractivity (Wildman–Crippen MR) is 129 cm³/mol. The number of rotatable bonds is 11. The van der Waals surface area contributed by atoms with Crippen LogP contribution in [-0.4, -0.2) is 33.5 Å². The van der Waals surface area contributed by atoms with Crippen LogP contribution in [0.3, 0.4) is 0 Å². The molecule has 9 heteroatoms. The summed E-state index contributed by atoms with van der Waals surface area (Å²) in [4.78, 5) is 12.4. The van der Waals surface area contributed by atoms with E-state index in [2.05, 4.69) is 22.1 Å². The number of nitrogens with zero attached hydrogens (tertiary/aromatic N) is 3. The molecule has 2 aromatic carbocycles. The molecule has 0 spiro atoms. The maximum absolute atomic E-state index is 12.4. The highest BCUT2D eigenvalue weighted by Gasteiger charge is 2.14. The number of halogens is 1. The normalized spacial score (nSPS) is 10.6. The Labute approximate surface area is 195 Å². The molecule has 0 aliphatic carbocycles. The van der Waals surface area contributed by atoms with Crippen molar-refractivity contribution in [2.45, 2.75) is 23.2 Å². The zero-order valence-corrected chi connectivity index (χ0v) is 19.5. The topological polar surface area (TPSA) is 69.0 Å². The standard InChI is InChI=1S/C22H23ClN4O2S2/c1-3-11-27-20(14-30-13-16-7-9-17(23)10-8-16)25-26-22(27)31-15-21(28)24-18-5-4-6-19(12-18)29-2/h3-10,12H,1,11,13-15H2,2H3,(H,24,28). The highest BCUT2D eigenvalue weighted by molar-refractivity contribution is 7.99. The molecule has 1 heterocycles. The van der Waals surface area contributed by atoms with Crippen LogP contribution in [0.2, 0.25) is 5.02 Å². The second kappa shape index (κ2) is 11.8. The van der Waals surface area contributed by atoms with Crippen molar-refractivity contribution in [1.29, 1.82) is 0 Å². The van der Waals surface area contributed by atoms with Gasteiger partial charge in [-0.2, -0.15) is 0 Å². The summed E-state index contributed by atoms with van der Waals surface area (Å²) < 4.78 is 7.17. The SMILES string of the molecule is C=CCn1c(CSCc2ccc(Cl)cc2)nnc1SCC(=O)Nc1cccc(OC)c1. The summed E-state index contributed by atoms with van der Waals surface area (Å²) in [5, 5.41) is 12.9. The van der Waals surface area contributed by atoms with Gasteiger partial charge in [0.1, 0.15) is 11.6 Å². The van der Waals surface area contributed by atoms with Gasteiger partial charge in [-0.05, 0) is 29.8 Å². The Kier molecular flexibility index (Phi) is 8.87. The molecular formula is C22H23ClN4O2S2. The molecule has 0 saturated carbocycles. The smallest absolute Gasteiger partial charge is 0.234 e. The van der Waals surface area contributed by atoms with Gasteiger partial charge in [0, 0.05) is 29.1 Å². The summed E-state index contributed by atoms with van der Waals surface area (Å²) in [5.74, 6) is 3.21. The molecule has 162 valence electrons. The van der Waals surface area contributed by atoms with E-state index >= 15 is 0 Å². The number of hydrogen-bond donors (Lipinski definition) is 1. The third-order valence-corrected chi connectivity index (χ3v) is 6.42. The zero-order chi connectivity index (χ0) is 22.1. The summed E-state index contributed by atoms with van der Waals surface area (Å²) in [6.45, 7) is 4.41. The summed E-state index contributed by atoms with van der Waals surface area (Å²) in [6, 6.07) is 15.1. The minimum atomic E-state index is -0.120. The highest BCUT2D eigenvalue weighted by atomic mass is 35.5. The highest BCUT2D eigenvalue weighted by Crippen LogP contribution is 2.23. The number of nitrogens with one attached hydrogen (secondary N) is 1. The maximum Gasteiger partial charge on any atom is 0.234 e. The molecule has 0 radical (unpaired) electrons. The number of carbonyl (C=O) groups is 1. The molecule has 3 rings (SSSR count). The van der Waals surface area contributed by atoms with Crippen LogP contribution in [0.25, 0.3) is 0 Å². The average Bonchev–Trinajstić information content (AvgIpc) is 3.15. The predicted octanol–water partition coefficient (Wildman–Crippen LogP) is 5.29. The van der Waals surface area contributed by atoms with Crippen molar-refractivity contribution in [2.75, 3.05) is 18.2 Å². The fourth-order valence-corrected chi connectivity index (χ4v) is 4.53. The molecule has 1 aromatic heterocycles. The van der Waals surface area contributed by atoms with E-state index in [9.17, 15) is 4.79 Å². The van der Waals surface area contributed by atoms with E-state index in [1.807, 2.05) is 47.0 Å². The number of allylic oxidation sites excluding steroid dienone is 1. The van der Waals surface area contributed by atoms with Crippen molar-refractivity contribution in [3.05, 3.63) is 77.6 Å². The van der Waals surface area contributed by atoms with E-state index in [0.717, 1.165) is 16.6 Å². The van der Waals surface area contributed by atoms with Gasteiger partial charge in [0.25, 0.3) is 0 Å². The quantitative estimate of drug-likeness (QED) is 0.301. The van der Waals surface area contributed by atoms with Crippen LogP contribution in [0, 0.1) is 0 Å². The number of anilines is 1. The zero-order valence-electron chi connectivity index (χ0n) is 17.1. The first kappa shape index (κ1) is 23.2. The van der Waals surface area contributed by atoms with Crippen molar-refractivity contribution in [1.82, 2.24) is 14.8 Å². The molecule has 0 atom stereocenters. The molecule has 0 bridgehead atoms. The van der Waals surface area contributed by atoms with E-state index < -0.39 is 0 Å². The largest absolute Gasteiger partial charge is 0.497 e. The van der Waals surface area contributed by atoms with Gasteiger partial charge in [-0.3, -0.25) is 4.79 Å². The van der Waals surface area contributed by atoms with Crippen LogP contribution >= 0.6 is 35.1 Å². The molecule has 0 aliphatic rings. The van der Waals surface area contributed by atoms with Crippen molar-refractivity contribution in [3.63, 3.8) is 0 Å². The Morgan fingerprint density at radius 3 is 2.77 bits per heavy atom. The molecule has 0 saturated heterocycles. The van der Waals surface area contributed by atoms with Gasteiger partial charge in [-0.1, -0.05) is 47.6 Å². The first-order valence-corrected chi connectivity index (χ1v) is 12.0. The molecule has 1 amide bonds. The number of benzene rings is 2. The molecule has 6 nitrogen and oxygen atoms in total.